The van der Waals surface area contributed by atoms with Gasteiger partial charge in [0.05, 0.1) is 12.2 Å². The second-order valence-corrected chi connectivity index (χ2v) is 7.50. The van der Waals surface area contributed by atoms with Crippen LogP contribution in [0.3, 0.4) is 0 Å². The molecule has 0 atom stereocenters. The average molecular weight is 413 g/mol. The van der Waals surface area contributed by atoms with E-state index in [9.17, 15) is 4.79 Å². The van der Waals surface area contributed by atoms with E-state index in [-0.39, 0.29) is 5.91 Å². The van der Waals surface area contributed by atoms with Gasteiger partial charge in [0.25, 0.3) is 5.91 Å². The summed E-state index contributed by atoms with van der Waals surface area (Å²) < 4.78 is 1.89. The number of fused-ring (bicyclic) bond motifs is 1. The fraction of sp³-hybridized carbons (Fsp3) is 0.0417. The van der Waals surface area contributed by atoms with Gasteiger partial charge in [0.15, 0.2) is 0 Å². The van der Waals surface area contributed by atoms with Gasteiger partial charge in [-0.05, 0) is 35.9 Å². The fourth-order valence-electron chi connectivity index (χ4n) is 3.59. The van der Waals surface area contributed by atoms with Gasteiger partial charge < -0.3 is 5.32 Å². The zero-order chi connectivity index (χ0) is 20.5. The van der Waals surface area contributed by atoms with Crippen LogP contribution < -0.4 is 5.32 Å². The number of hydrogen-bond acceptors (Lipinski definition) is 3. The summed E-state index contributed by atoms with van der Waals surface area (Å²) in [4.78, 5) is 16.9. The Morgan fingerprint density at radius 3 is 2.73 bits per heavy atom. The van der Waals surface area contributed by atoms with Crippen molar-refractivity contribution in [2.45, 2.75) is 6.54 Å². The van der Waals surface area contributed by atoms with Crippen molar-refractivity contribution in [1.82, 2.24) is 14.8 Å². The first-order valence-corrected chi connectivity index (χ1v) is 9.90. The number of amides is 1. The maximum Gasteiger partial charge on any atom is 0.256 e. The molecule has 5 nitrogen and oxygen atoms in total. The normalized spacial score (nSPS) is 14.0. The van der Waals surface area contributed by atoms with E-state index in [4.69, 9.17) is 16.7 Å². The molecule has 0 bridgehead atoms. The van der Waals surface area contributed by atoms with Crippen molar-refractivity contribution < 1.29 is 4.79 Å². The van der Waals surface area contributed by atoms with Gasteiger partial charge in [0.1, 0.15) is 5.69 Å². The molecule has 30 heavy (non-hydrogen) atoms. The van der Waals surface area contributed by atoms with Crippen molar-refractivity contribution in [3.05, 3.63) is 101 Å². The third kappa shape index (κ3) is 3.51. The lowest BCUT2D eigenvalue weighted by molar-refractivity contribution is -0.110. The monoisotopic (exact) mass is 412 g/mol. The lowest BCUT2D eigenvalue weighted by Gasteiger charge is -2.01. The summed E-state index contributed by atoms with van der Waals surface area (Å²) >= 11 is 6.07. The van der Waals surface area contributed by atoms with Crippen molar-refractivity contribution in [3.8, 4) is 11.3 Å². The zero-order valence-corrected chi connectivity index (χ0v) is 16.7. The molecule has 0 saturated heterocycles. The second-order valence-electron chi connectivity index (χ2n) is 7.06. The fourth-order valence-corrected chi connectivity index (χ4v) is 3.76. The van der Waals surface area contributed by atoms with E-state index in [1.54, 1.807) is 24.5 Å². The summed E-state index contributed by atoms with van der Waals surface area (Å²) in [7, 11) is 0. The molecular formula is C24H17ClN4O. The van der Waals surface area contributed by atoms with E-state index < -0.39 is 0 Å². The Morgan fingerprint density at radius 1 is 1.07 bits per heavy atom. The molecule has 5 rings (SSSR count). The highest BCUT2D eigenvalue weighted by Crippen LogP contribution is 2.36. The molecule has 0 fully saturated rings. The van der Waals surface area contributed by atoms with E-state index in [2.05, 4.69) is 22.4 Å². The number of benzene rings is 2. The number of rotatable bonds is 4. The predicted octanol–water partition coefficient (Wildman–Crippen LogP) is 5.14. The van der Waals surface area contributed by atoms with Crippen molar-refractivity contribution in [1.29, 1.82) is 0 Å². The molecule has 2 aromatic carbocycles. The van der Waals surface area contributed by atoms with Crippen LogP contribution in [-0.4, -0.2) is 20.7 Å². The number of nitrogens with zero attached hydrogens (tertiary/aromatic N) is 3. The molecule has 6 heteroatoms. The molecule has 1 aliphatic rings. The summed E-state index contributed by atoms with van der Waals surface area (Å²) in [5.74, 6) is -0.153. The predicted molar refractivity (Wildman–Crippen MR) is 119 cm³/mol. The average Bonchev–Trinajstić information content (AvgIpc) is 3.29. The van der Waals surface area contributed by atoms with Gasteiger partial charge >= 0.3 is 0 Å². The number of carbonyl (C=O) groups is 1. The minimum absolute atomic E-state index is 0.153. The number of anilines is 1. The quantitative estimate of drug-likeness (QED) is 0.472. The molecular weight excluding hydrogens is 396 g/mol. The van der Waals surface area contributed by atoms with Gasteiger partial charge in [0.2, 0.25) is 0 Å². The summed E-state index contributed by atoms with van der Waals surface area (Å²) in [5.41, 5.74) is 5.82. The van der Waals surface area contributed by atoms with Gasteiger partial charge in [0, 0.05) is 45.9 Å². The summed E-state index contributed by atoms with van der Waals surface area (Å²) in [6.07, 6.45) is 7.35. The number of hydrogen-bond donors (Lipinski definition) is 1. The third-order valence-corrected chi connectivity index (χ3v) is 5.21. The van der Waals surface area contributed by atoms with Crippen molar-refractivity contribution in [2.24, 2.45) is 0 Å². The highest BCUT2D eigenvalue weighted by atomic mass is 35.5. The zero-order valence-electron chi connectivity index (χ0n) is 15.9. The molecule has 4 aromatic rings. The largest absolute Gasteiger partial charge is 0.321 e. The molecule has 0 saturated carbocycles. The van der Waals surface area contributed by atoms with Crippen LogP contribution in [0.5, 0.6) is 0 Å². The number of pyridine rings is 1. The van der Waals surface area contributed by atoms with Gasteiger partial charge in [-0.25, -0.2) is 0 Å². The van der Waals surface area contributed by atoms with E-state index >= 15 is 0 Å². The highest BCUT2D eigenvalue weighted by Gasteiger charge is 2.25. The smallest absolute Gasteiger partial charge is 0.256 e. The first-order valence-electron chi connectivity index (χ1n) is 9.52. The number of nitrogens with one attached hydrogen (secondary N) is 1. The maximum atomic E-state index is 12.6. The van der Waals surface area contributed by atoms with Crippen LogP contribution in [-0.2, 0) is 11.3 Å². The summed E-state index contributed by atoms with van der Waals surface area (Å²) in [5, 5.41) is 8.26. The van der Waals surface area contributed by atoms with Crippen LogP contribution in [0.15, 0.2) is 79.3 Å². The van der Waals surface area contributed by atoms with Crippen LogP contribution in [0.4, 0.5) is 5.69 Å². The van der Waals surface area contributed by atoms with E-state index in [0.717, 1.165) is 33.6 Å². The number of aromatic nitrogens is 3. The maximum absolute atomic E-state index is 12.6. The van der Waals surface area contributed by atoms with Crippen molar-refractivity contribution >= 4 is 34.8 Å². The van der Waals surface area contributed by atoms with Crippen LogP contribution in [0, 0.1) is 0 Å². The van der Waals surface area contributed by atoms with Crippen LogP contribution >= 0.6 is 11.6 Å². The lowest BCUT2D eigenvalue weighted by Crippen LogP contribution is -2.03. The van der Waals surface area contributed by atoms with Gasteiger partial charge in [-0.15, -0.1) is 0 Å². The number of carbonyl (C=O) groups excluding carboxylic acids is 1. The molecule has 1 aliphatic heterocycles. The summed E-state index contributed by atoms with van der Waals surface area (Å²) in [6.45, 7) is 0.635. The minimum Gasteiger partial charge on any atom is -0.321 e. The topological polar surface area (TPSA) is 59.8 Å². The van der Waals surface area contributed by atoms with Crippen molar-refractivity contribution in [2.75, 3.05) is 5.32 Å². The Hall–Kier alpha value is -3.70. The third-order valence-electron chi connectivity index (χ3n) is 4.98. The molecule has 0 aliphatic carbocycles. The summed E-state index contributed by atoms with van der Waals surface area (Å²) in [6, 6.07) is 19.4. The molecule has 0 spiro atoms. The van der Waals surface area contributed by atoms with E-state index in [0.29, 0.717) is 17.1 Å². The minimum atomic E-state index is -0.153. The lowest BCUT2D eigenvalue weighted by atomic mass is 10.0. The Kier molecular flexibility index (Phi) is 4.65. The Bertz CT molecular complexity index is 1260. The standard InChI is InChI=1S/C24H17ClN4O/c25-19-8-9-20-21(24(30)27-22(20)12-19)11-18-15-29(14-16-5-2-1-3-6-16)28-23(18)17-7-4-10-26-13-17/h1-13,15H,14H2,(H,27,30)/b21-11+. The van der Waals surface area contributed by atoms with Gasteiger partial charge in [-0.3, -0.25) is 14.5 Å². The molecule has 1 N–H and O–H groups in total. The van der Waals surface area contributed by atoms with Gasteiger partial charge in [-0.1, -0.05) is 48.0 Å². The Labute approximate surface area is 178 Å². The van der Waals surface area contributed by atoms with Gasteiger partial charge in [-0.2, -0.15) is 5.10 Å². The first kappa shape index (κ1) is 18.3. The molecule has 2 aromatic heterocycles. The van der Waals surface area contributed by atoms with Crippen LogP contribution in [0.1, 0.15) is 16.7 Å². The van der Waals surface area contributed by atoms with Crippen molar-refractivity contribution in [3.63, 3.8) is 0 Å². The molecule has 146 valence electrons. The molecule has 0 radical (unpaired) electrons. The van der Waals surface area contributed by atoms with E-state index in [1.807, 2.05) is 53.4 Å². The molecule has 0 unspecified atom stereocenters. The number of halogens is 1. The highest BCUT2D eigenvalue weighted by molar-refractivity contribution is 6.36. The second kappa shape index (κ2) is 7.61. The SMILES string of the molecule is O=C1Nc2cc(Cl)ccc2/C1=C\c1cn(Cc2ccccc2)nc1-c1cccnc1. The Morgan fingerprint density at radius 2 is 1.93 bits per heavy atom. The van der Waals surface area contributed by atoms with E-state index in [1.165, 1.54) is 0 Å². The van der Waals surface area contributed by atoms with Crippen LogP contribution in [0.25, 0.3) is 22.9 Å². The molecule has 1 amide bonds. The first-order chi connectivity index (χ1) is 14.7. The Balaban J connectivity index is 1.61. The van der Waals surface area contributed by atoms with Crippen LogP contribution in [0.2, 0.25) is 5.02 Å². The molecule has 3 heterocycles.